The Morgan fingerprint density at radius 3 is 2.54 bits per heavy atom. The fourth-order valence-electron chi connectivity index (χ4n) is 2.60. The minimum Gasteiger partial charge on any atom is -0.382 e. The van der Waals surface area contributed by atoms with Gasteiger partial charge in [0.25, 0.3) is 5.91 Å². The first-order chi connectivity index (χ1) is 13.5. The van der Waals surface area contributed by atoms with Gasteiger partial charge in [0.05, 0.1) is 0 Å². The SMILES string of the molecule is CCc1ccccc1NC(=O)Cn1nnc(C(=O)Nc2ccc(F)cc2)c1N. The number of anilines is 3. The van der Waals surface area contributed by atoms with Gasteiger partial charge in [-0.05, 0) is 42.3 Å². The molecule has 4 N–H and O–H groups in total. The van der Waals surface area contributed by atoms with Gasteiger partial charge in [0.15, 0.2) is 11.5 Å². The van der Waals surface area contributed by atoms with Crippen LogP contribution in [0.1, 0.15) is 23.0 Å². The Kier molecular flexibility index (Phi) is 5.64. The highest BCUT2D eigenvalue weighted by Gasteiger charge is 2.19. The van der Waals surface area contributed by atoms with E-state index in [0.29, 0.717) is 11.4 Å². The van der Waals surface area contributed by atoms with Crippen LogP contribution < -0.4 is 16.4 Å². The Morgan fingerprint density at radius 1 is 1.11 bits per heavy atom. The van der Waals surface area contributed by atoms with Crippen molar-refractivity contribution in [3.8, 4) is 0 Å². The van der Waals surface area contributed by atoms with Crippen molar-refractivity contribution in [1.29, 1.82) is 0 Å². The number of carbonyl (C=O) groups excluding carboxylic acids is 2. The zero-order chi connectivity index (χ0) is 20.1. The van der Waals surface area contributed by atoms with Crippen molar-refractivity contribution in [1.82, 2.24) is 15.0 Å². The summed E-state index contributed by atoms with van der Waals surface area (Å²) in [6.07, 6.45) is 0.773. The summed E-state index contributed by atoms with van der Waals surface area (Å²) >= 11 is 0. The fraction of sp³-hybridized carbons (Fsp3) is 0.158. The Balaban J connectivity index is 1.67. The molecule has 1 heterocycles. The number of para-hydroxylation sites is 1. The van der Waals surface area contributed by atoms with Gasteiger partial charge < -0.3 is 16.4 Å². The molecule has 0 saturated carbocycles. The standard InChI is InChI=1S/C19H19FN6O2/c1-2-12-5-3-4-6-15(12)23-16(27)11-26-18(21)17(24-25-26)19(28)22-14-9-7-13(20)8-10-14/h3-10H,2,11,21H2,1H3,(H,22,28)(H,23,27). The molecule has 2 aromatic carbocycles. The Labute approximate surface area is 160 Å². The fourth-order valence-corrected chi connectivity index (χ4v) is 2.60. The number of hydrogen-bond acceptors (Lipinski definition) is 5. The van der Waals surface area contributed by atoms with Gasteiger partial charge in [0.1, 0.15) is 12.4 Å². The molecular weight excluding hydrogens is 363 g/mol. The minimum atomic E-state index is -0.605. The highest BCUT2D eigenvalue weighted by atomic mass is 19.1. The molecule has 0 fully saturated rings. The highest BCUT2D eigenvalue weighted by molar-refractivity contribution is 6.05. The number of aryl methyl sites for hydroxylation is 1. The molecule has 2 amide bonds. The van der Waals surface area contributed by atoms with E-state index >= 15 is 0 Å². The van der Waals surface area contributed by atoms with Crippen LogP contribution in [0.3, 0.4) is 0 Å². The van der Waals surface area contributed by atoms with E-state index in [-0.39, 0.29) is 24.0 Å². The topological polar surface area (TPSA) is 115 Å². The summed E-state index contributed by atoms with van der Waals surface area (Å²) in [4.78, 5) is 24.6. The zero-order valence-corrected chi connectivity index (χ0v) is 15.1. The summed E-state index contributed by atoms with van der Waals surface area (Å²) in [6.45, 7) is 1.80. The van der Waals surface area contributed by atoms with Gasteiger partial charge in [-0.2, -0.15) is 0 Å². The van der Waals surface area contributed by atoms with Crippen molar-refractivity contribution in [2.45, 2.75) is 19.9 Å². The minimum absolute atomic E-state index is 0.0430. The molecule has 8 nitrogen and oxygen atoms in total. The lowest BCUT2D eigenvalue weighted by atomic mass is 10.1. The van der Waals surface area contributed by atoms with E-state index in [1.54, 1.807) is 0 Å². The van der Waals surface area contributed by atoms with Crippen LogP contribution in [0.15, 0.2) is 48.5 Å². The first-order valence-electron chi connectivity index (χ1n) is 8.61. The van der Waals surface area contributed by atoms with Gasteiger partial charge in [-0.3, -0.25) is 9.59 Å². The van der Waals surface area contributed by atoms with E-state index in [4.69, 9.17) is 5.73 Å². The van der Waals surface area contributed by atoms with Crippen LogP contribution in [0.25, 0.3) is 0 Å². The molecule has 1 aromatic heterocycles. The summed E-state index contributed by atoms with van der Waals surface area (Å²) in [5.41, 5.74) is 7.89. The average molecular weight is 382 g/mol. The third-order valence-corrected chi connectivity index (χ3v) is 4.06. The maximum atomic E-state index is 12.9. The molecule has 144 valence electrons. The second-order valence-corrected chi connectivity index (χ2v) is 6.00. The normalized spacial score (nSPS) is 10.5. The maximum absolute atomic E-state index is 12.9. The number of halogens is 1. The quantitative estimate of drug-likeness (QED) is 0.606. The van der Waals surface area contributed by atoms with Crippen LogP contribution in [0, 0.1) is 5.82 Å². The van der Waals surface area contributed by atoms with E-state index < -0.39 is 11.7 Å². The maximum Gasteiger partial charge on any atom is 0.280 e. The van der Waals surface area contributed by atoms with Crippen molar-refractivity contribution < 1.29 is 14.0 Å². The Hall–Kier alpha value is -3.75. The summed E-state index contributed by atoms with van der Waals surface area (Å²) in [5, 5.41) is 12.9. The van der Waals surface area contributed by atoms with Crippen molar-refractivity contribution in [3.05, 3.63) is 65.6 Å². The molecule has 0 aliphatic heterocycles. The molecule has 0 aliphatic rings. The smallest absolute Gasteiger partial charge is 0.280 e. The van der Waals surface area contributed by atoms with Crippen LogP contribution in [0.2, 0.25) is 0 Å². The predicted molar refractivity (Wildman–Crippen MR) is 103 cm³/mol. The molecule has 0 atom stereocenters. The van der Waals surface area contributed by atoms with Gasteiger partial charge in [-0.25, -0.2) is 9.07 Å². The van der Waals surface area contributed by atoms with Crippen LogP contribution in [0.4, 0.5) is 21.6 Å². The van der Waals surface area contributed by atoms with Gasteiger partial charge in [-0.1, -0.05) is 30.3 Å². The molecule has 0 unspecified atom stereocenters. The van der Waals surface area contributed by atoms with Gasteiger partial charge in [-0.15, -0.1) is 5.10 Å². The van der Waals surface area contributed by atoms with Crippen molar-refractivity contribution >= 4 is 29.0 Å². The number of nitrogens with zero attached hydrogens (tertiary/aromatic N) is 3. The molecule has 3 aromatic rings. The number of benzene rings is 2. The number of nitrogen functional groups attached to an aromatic ring is 1. The number of amides is 2. The number of hydrogen-bond donors (Lipinski definition) is 3. The first-order valence-corrected chi connectivity index (χ1v) is 8.61. The number of rotatable bonds is 6. The second-order valence-electron chi connectivity index (χ2n) is 6.00. The van der Waals surface area contributed by atoms with Gasteiger partial charge in [0.2, 0.25) is 5.91 Å². The van der Waals surface area contributed by atoms with Crippen molar-refractivity contribution in [3.63, 3.8) is 0 Å². The van der Waals surface area contributed by atoms with E-state index in [0.717, 1.165) is 16.7 Å². The van der Waals surface area contributed by atoms with E-state index in [2.05, 4.69) is 20.9 Å². The Bertz CT molecular complexity index is 1000. The van der Waals surface area contributed by atoms with Crippen molar-refractivity contribution in [2.75, 3.05) is 16.4 Å². The molecule has 0 spiro atoms. The molecule has 0 bridgehead atoms. The average Bonchev–Trinajstić information content (AvgIpc) is 3.04. The number of carbonyl (C=O) groups is 2. The number of nitrogens with two attached hydrogens (primary N) is 1. The molecular formula is C19H19FN6O2. The van der Waals surface area contributed by atoms with Gasteiger partial charge >= 0.3 is 0 Å². The third-order valence-electron chi connectivity index (χ3n) is 4.06. The third kappa shape index (κ3) is 4.32. The largest absolute Gasteiger partial charge is 0.382 e. The number of aromatic nitrogens is 3. The lowest BCUT2D eigenvalue weighted by Gasteiger charge is -2.10. The first kappa shape index (κ1) is 19.0. The highest BCUT2D eigenvalue weighted by Crippen LogP contribution is 2.16. The number of nitrogens with one attached hydrogen (secondary N) is 2. The second kappa shape index (κ2) is 8.30. The van der Waals surface area contributed by atoms with E-state index in [1.165, 1.54) is 24.3 Å². The van der Waals surface area contributed by atoms with Crippen LogP contribution in [-0.4, -0.2) is 26.8 Å². The lowest BCUT2D eigenvalue weighted by molar-refractivity contribution is -0.116. The summed E-state index contributed by atoms with van der Waals surface area (Å²) in [7, 11) is 0. The molecule has 9 heteroatoms. The van der Waals surface area contributed by atoms with Crippen LogP contribution in [0.5, 0.6) is 0 Å². The predicted octanol–water partition coefficient (Wildman–Crippen LogP) is 2.45. The van der Waals surface area contributed by atoms with E-state index in [1.807, 2.05) is 31.2 Å². The summed E-state index contributed by atoms with van der Waals surface area (Å²) in [5.74, 6) is -1.41. The van der Waals surface area contributed by atoms with Crippen LogP contribution >= 0.6 is 0 Å². The molecule has 0 aliphatic carbocycles. The summed E-state index contributed by atoms with van der Waals surface area (Å²) < 4.78 is 14.1. The monoisotopic (exact) mass is 382 g/mol. The Morgan fingerprint density at radius 2 is 1.82 bits per heavy atom. The zero-order valence-electron chi connectivity index (χ0n) is 15.1. The van der Waals surface area contributed by atoms with Crippen molar-refractivity contribution in [2.24, 2.45) is 0 Å². The molecule has 28 heavy (non-hydrogen) atoms. The lowest BCUT2D eigenvalue weighted by Crippen LogP contribution is -2.22. The van der Waals surface area contributed by atoms with Crippen LogP contribution in [-0.2, 0) is 17.8 Å². The molecule has 3 rings (SSSR count). The van der Waals surface area contributed by atoms with Gasteiger partial charge in [0, 0.05) is 11.4 Å². The molecule has 0 saturated heterocycles. The summed E-state index contributed by atoms with van der Waals surface area (Å²) in [6, 6.07) is 12.7. The van der Waals surface area contributed by atoms with E-state index in [9.17, 15) is 14.0 Å². The molecule has 0 radical (unpaired) electrons.